The van der Waals surface area contributed by atoms with Gasteiger partial charge in [-0.15, -0.1) is 11.3 Å². The zero-order valence-electron chi connectivity index (χ0n) is 18.5. The second kappa shape index (κ2) is 10.2. The van der Waals surface area contributed by atoms with Crippen molar-refractivity contribution in [3.8, 4) is 0 Å². The molecule has 2 aromatic carbocycles. The van der Waals surface area contributed by atoms with Crippen molar-refractivity contribution in [2.24, 2.45) is 0 Å². The van der Waals surface area contributed by atoms with E-state index in [1.54, 1.807) is 34.8 Å². The van der Waals surface area contributed by atoms with Gasteiger partial charge in [-0.25, -0.2) is 14.8 Å². The number of carbonyl (C=O) groups is 2. The lowest BCUT2D eigenvalue weighted by molar-refractivity contribution is 0.0870. The summed E-state index contributed by atoms with van der Waals surface area (Å²) in [6, 6.07) is 10.6. The maximum absolute atomic E-state index is 12.7. The standard InChI is InChI=1S/C24H21Cl2N5O3S/c25-16-7-14(8-17(26)9-16)11-34-24(33)31-5-3-15(4-6-31)23-30-21(12-35-23)22(32)29-18-1-2-19-20(10-18)28-13-27-19/h1-2,7-10,12-13,15H,3-6,11H2,(H,27,28)(H,29,32). The fourth-order valence-electron chi connectivity index (χ4n) is 4.03. The quantitative estimate of drug-likeness (QED) is 0.325. The second-order valence-electron chi connectivity index (χ2n) is 8.25. The van der Waals surface area contributed by atoms with Gasteiger partial charge < -0.3 is 19.9 Å². The number of H-pyrrole nitrogens is 1. The molecule has 3 heterocycles. The Hall–Kier alpha value is -3.14. The number of anilines is 1. The average molecular weight is 530 g/mol. The summed E-state index contributed by atoms with van der Waals surface area (Å²) in [6.07, 6.45) is 2.75. The van der Waals surface area contributed by atoms with E-state index in [1.165, 1.54) is 11.3 Å². The van der Waals surface area contributed by atoms with Gasteiger partial charge in [-0.1, -0.05) is 23.2 Å². The molecule has 2 aromatic heterocycles. The number of hydrogen-bond acceptors (Lipinski definition) is 6. The molecule has 0 unspecified atom stereocenters. The van der Waals surface area contributed by atoms with Crippen molar-refractivity contribution in [3.05, 3.63) is 74.4 Å². The number of nitrogens with zero attached hydrogens (tertiary/aromatic N) is 3. The zero-order chi connectivity index (χ0) is 24.4. The Morgan fingerprint density at radius 2 is 1.91 bits per heavy atom. The highest BCUT2D eigenvalue weighted by molar-refractivity contribution is 7.10. The SMILES string of the molecule is O=C(Nc1ccc2nc[nH]c2c1)c1csc(C2CCN(C(=O)OCc3cc(Cl)cc(Cl)c3)CC2)n1. The second-order valence-corrected chi connectivity index (χ2v) is 10.0. The summed E-state index contributed by atoms with van der Waals surface area (Å²) in [4.78, 5) is 38.6. The van der Waals surface area contributed by atoms with Crippen LogP contribution in [0.25, 0.3) is 11.0 Å². The zero-order valence-corrected chi connectivity index (χ0v) is 20.8. The number of fused-ring (bicyclic) bond motifs is 1. The lowest BCUT2D eigenvalue weighted by Gasteiger charge is -2.30. The number of benzene rings is 2. The van der Waals surface area contributed by atoms with E-state index in [0.29, 0.717) is 34.5 Å². The third-order valence-electron chi connectivity index (χ3n) is 5.82. The lowest BCUT2D eigenvalue weighted by atomic mass is 9.98. The van der Waals surface area contributed by atoms with Crippen LogP contribution in [-0.4, -0.2) is 44.9 Å². The number of ether oxygens (including phenoxy) is 1. The minimum Gasteiger partial charge on any atom is -0.445 e. The van der Waals surface area contributed by atoms with Gasteiger partial charge in [0.25, 0.3) is 5.91 Å². The van der Waals surface area contributed by atoms with Gasteiger partial charge in [0.1, 0.15) is 12.3 Å². The van der Waals surface area contributed by atoms with Gasteiger partial charge in [0.15, 0.2) is 0 Å². The van der Waals surface area contributed by atoms with Gasteiger partial charge in [-0.2, -0.15) is 0 Å². The molecule has 0 atom stereocenters. The van der Waals surface area contributed by atoms with Crippen LogP contribution in [0.15, 0.2) is 48.1 Å². The summed E-state index contributed by atoms with van der Waals surface area (Å²) in [5.74, 6) is -0.0628. The van der Waals surface area contributed by atoms with Gasteiger partial charge in [-0.3, -0.25) is 4.79 Å². The predicted octanol–water partition coefficient (Wildman–Crippen LogP) is 6.09. The van der Waals surface area contributed by atoms with Crippen molar-refractivity contribution in [1.29, 1.82) is 0 Å². The van der Waals surface area contributed by atoms with Crippen LogP contribution < -0.4 is 5.32 Å². The number of rotatable bonds is 5. The molecule has 180 valence electrons. The van der Waals surface area contributed by atoms with E-state index in [9.17, 15) is 9.59 Å². The van der Waals surface area contributed by atoms with Crippen LogP contribution in [0, 0.1) is 0 Å². The first kappa shape index (κ1) is 23.6. The maximum atomic E-state index is 12.7. The summed E-state index contributed by atoms with van der Waals surface area (Å²) >= 11 is 13.5. The van der Waals surface area contributed by atoms with Crippen LogP contribution in [0.1, 0.15) is 39.8 Å². The fraction of sp³-hybridized carbons (Fsp3) is 0.250. The van der Waals surface area contributed by atoms with Crippen molar-refractivity contribution in [2.75, 3.05) is 18.4 Å². The minimum atomic E-state index is -0.368. The van der Waals surface area contributed by atoms with E-state index < -0.39 is 0 Å². The summed E-state index contributed by atoms with van der Waals surface area (Å²) in [5, 5.41) is 6.56. The number of hydrogen-bond donors (Lipinski definition) is 2. The number of amides is 2. The highest BCUT2D eigenvalue weighted by Gasteiger charge is 2.27. The number of piperidine rings is 1. The van der Waals surface area contributed by atoms with Gasteiger partial charge >= 0.3 is 6.09 Å². The molecule has 0 bridgehead atoms. The topological polar surface area (TPSA) is 100 Å². The van der Waals surface area contributed by atoms with Gasteiger partial charge in [0.05, 0.1) is 22.4 Å². The highest BCUT2D eigenvalue weighted by Crippen LogP contribution is 2.31. The Morgan fingerprint density at radius 1 is 1.14 bits per heavy atom. The van der Waals surface area contributed by atoms with Crippen LogP contribution in [0.3, 0.4) is 0 Å². The molecule has 2 N–H and O–H groups in total. The predicted molar refractivity (Wildman–Crippen MR) is 136 cm³/mol. The van der Waals surface area contributed by atoms with Crippen LogP contribution in [0.2, 0.25) is 10.0 Å². The number of halogens is 2. The highest BCUT2D eigenvalue weighted by atomic mass is 35.5. The first-order chi connectivity index (χ1) is 16.9. The van der Waals surface area contributed by atoms with Crippen molar-refractivity contribution < 1.29 is 14.3 Å². The number of likely N-dealkylation sites (tertiary alicyclic amines) is 1. The summed E-state index contributed by atoms with van der Waals surface area (Å²) in [5.41, 5.74) is 3.49. The Balaban J connectivity index is 1.13. The molecular formula is C24H21Cl2N5O3S. The van der Waals surface area contributed by atoms with E-state index in [2.05, 4.69) is 20.3 Å². The van der Waals surface area contributed by atoms with Crippen molar-refractivity contribution in [2.45, 2.75) is 25.4 Å². The van der Waals surface area contributed by atoms with Crippen molar-refractivity contribution in [3.63, 3.8) is 0 Å². The molecule has 11 heteroatoms. The lowest BCUT2D eigenvalue weighted by Crippen LogP contribution is -2.38. The first-order valence-electron chi connectivity index (χ1n) is 11.0. The Labute approximate surface area is 215 Å². The van der Waals surface area contributed by atoms with Gasteiger partial charge in [0.2, 0.25) is 0 Å². The molecule has 1 saturated heterocycles. The van der Waals surface area contributed by atoms with Crippen LogP contribution >= 0.6 is 34.5 Å². The molecule has 8 nitrogen and oxygen atoms in total. The molecule has 1 aliphatic rings. The number of nitrogens with one attached hydrogen (secondary N) is 2. The average Bonchev–Trinajstić information content (AvgIpc) is 3.52. The van der Waals surface area contributed by atoms with E-state index in [-0.39, 0.29) is 24.5 Å². The fourth-order valence-corrected chi connectivity index (χ4v) is 5.57. The molecule has 35 heavy (non-hydrogen) atoms. The van der Waals surface area contributed by atoms with Crippen LogP contribution in [-0.2, 0) is 11.3 Å². The third-order valence-corrected chi connectivity index (χ3v) is 7.26. The largest absolute Gasteiger partial charge is 0.445 e. The van der Waals surface area contributed by atoms with Crippen LogP contribution in [0.4, 0.5) is 10.5 Å². The first-order valence-corrected chi connectivity index (χ1v) is 12.6. The van der Waals surface area contributed by atoms with E-state index >= 15 is 0 Å². The monoisotopic (exact) mass is 529 g/mol. The molecule has 1 fully saturated rings. The normalized spacial score (nSPS) is 14.3. The Morgan fingerprint density at radius 3 is 2.69 bits per heavy atom. The van der Waals surface area contributed by atoms with Gasteiger partial charge in [0, 0.05) is 40.1 Å². The molecule has 0 saturated carbocycles. The van der Waals surface area contributed by atoms with Crippen molar-refractivity contribution in [1.82, 2.24) is 19.9 Å². The maximum Gasteiger partial charge on any atom is 0.410 e. The number of aromatic amines is 1. The molecule has 2 amide bonds. The third kappa shape index (κ3) is 5.58. The summed E-state index contributed by atoms with van der Waals surface area (Å²) in [7, 11) is 0. The van der Waals surface area contributed by atoms with E-state index in [0.717, 1.165) is 34.4 Å². The molecule has 5 rings (SSSR count). The number of aromatic nitrogens is 3. The van der Waals surface area contributed by atoms with Gasteiger partial charge in [-0.05, 0) is 54.8 Å². The Bertz CT molecular complexity index is 1360. The minimum absolute atomic E-state index is 0.108. The molecule has 0 spiro atoms. The molecular weight excluding hydrogens is 509 g/mol. The Kier molecular flexibility index (Phi) is 6.90. The molecule has 0 aliphatic carbocycles. The number of thiazole rings is 1. The number of carbonyl (C=O) groups excluding carboxylic acids is 2. The van der Waals surface area contributed by atoms with E-state index in [4.69, 9.17) is 27.9 Å². The summed E-state index contributed by atoms with van der Waals surface area (Å²) < 4.78 is 5.43. The van der Waals surface area contributed by atoms with Crippen LogP contribution in [0.5, 0.6) is 0 Å². The van der Waals surface area contributed by atoms with E-state index in [1.807, 2.05) is 18.2 Å². The summed E-state index contributed by atoms with van der Waals surface area (Å²) in [6.45, 7) is 1.23. The number of imidazole rings is 1. The van der Waals surface area contributed by atoms with Crippen molar-refractivity contribution >= 4 is 63.3 Å². The smallest absolute Gasteiger partial charge is 0.410 e. The molecule has 1 aliphatic heterocycles. The molecule has 4 aromatic rings. The molecule has 0 radical (unpaired) electrons.